The molecule has 0 aliphatic heterocycles. The second-order valence-corrected chi connectivity index (χ2v) is 2.58. The predicted molar refractivity (Wildman–Crippen MR) is 53.2 cm³/mol. The molecule has 0 aliphatic carbocycles. The summed E-state index contributed by atoms with van der Waals surface area (Å²) in [5.74, 6) is 0.899. The highest BCUT2D eigenvalue weighted by Gasteiger charge is 2.01. The number of hydrogen-bond acceptors (Lipinski definition) is 2. The van der Waals surface area contributed by atoms with Gasteiger partial charge in [-0.3, -0.25) is 4.98 Å². The van der Waals surface area contributed by atoms with Crippen LogP contribution in [0.25, 0.3) is 11.5 Å². The van der Waals surface area contributed by atoms with E-state index in [1.807, 2.05) is 36.0 Å². The molecule has 0 saturated carbocycles. The fourth-order valence-electron chi connectivity index (χ4n) is 1.11. The maximum absolute atomic E-state index is 4.20. The van der Waals surface area contributed by atoms with Crippen molar-refractivity contribution in [3.63, 3.8) is 0 Å². The molecule has 3 heteroatoms. The molecule has 0 unspecified atom stereocenters. The standard InChI is InChI=1S/C9H9N3.CH4/c1-12-7-6-11-9(12)8-4-2-3-5-10-8;/h2-7H,1H3;1H4. The van der Waals surface area contributed by atoms with Crippen LogP contribution in [0.15, 0.2) is 36.8 Å². The van der Waals surface area contributed by atoms with Crippen LogP contribution < -0.4 is 0 Å². The average Bonchev–Trinajstić information content (AvgIpc) is 2.53. The zero-order valence-corrected chi connectivity index (χ0v) is 6.81. The molecule has 0 bridgehead atoms. The third-order valence-electron chi connectivity index (χ3n) is 1.72. The van der Waals surface area contributed by atoms with E-state index < -0.39 is 0 Å². The second-order valence-electron chi connectivity index (χ2n) is 2.58. The van der Waals surface area contributed by atoms with Gasteiger partial charge < -0.3 is 4.57 Å². The largest absolute Gasteiger partial charge is 0.333 e. The van der Waals surface area contributed by atoms with Crippen LogP contribution in [0.4, 0.5) is 0 Å². The summed E-state index contributed by atoms with van der Waals surface area (Å²) in [7, 11) is 1.96. The van der Waals surface area contributed by atoms with Crippen molar-refractivity contribution in [1.29, 1.82) is 0 Å². The molecule has 0 saturated heterocycles. The van der Waals surface area contributed by atoms with Crippen molar-refractivity contribution in [2.45, 2.75) is 7.43 Å². The molecule has 0 atom stereocenters. The van der Waals surface area contributed by atoms with Crippen molar-refractivity contribution < 1.29 is 0 Å². The van der Waals surface area contributed by atoms with Crippen molar-refractivity contribution >= 4 is 0 Å². The van der Waals surface area contributed by atoms with Crippen molar-refractivity contribution in [2.75, 3.05) is 0 Å². The van der Waals surface area contributed by atoms with Crippen LogP contribution in [0.5, 0.6) is 0 Å². The minimum absolute atomic E-state index is 0. The van der Waals surface area contributed by atoms with E-state index in [1.165, 1.54) is 0 Å². The Morgan fingerprint density at radius 1 is 1.15 bits per heavy atom. The molecule has 2 heterocycles. The van der Waals surface area contributed by atoms with E-state index in [9.17, 15) is 0 Å². The predicted octanol–water partition coefficient (Wildman–Crippen LogP) is 2.12. The summed E-state index contributed by atoms with van der Waals surface area (Å²) >= 11 is 0. The van der Waals surface area contributed by atoms with Crippen molar-refractivity contribution in [3.05, 3.63) is 36.8 Å². The maximum atomic E-state index is 4.20. The van der Waals surface area contributed by atoms with Crippen LogP contribution in [0.3, 0.4) is 0 Å². The van der Waals surface area contributed by atoms with E-state index >= 15 is 0 Å². The fourth-order valence-corrected chi connectivity index (χ4v) is 1.11. The van der Waals surface area contributed by atoms with Gasteiger partial charge >= 0.3 is 0 Å². The number of rotatable bonds is 1. The lowest BCUT2D eigenvalue weighted by molar-refractivity contribution is 0.917. The van der Waals surface area contributed by atoms with E-state index in [0.717, 1.165) is 11.5 Å². The molecular formula is C10H13N3. The summed E-state index contributed by atoms with van der Waals surface area (Å²) in [4.78, 5) is 8.39. The average molecular weight is 175 g/mol. The Kier molecular flexibility index (Phi) is 2.80. The molecule has 0 aromatic carbocycles. The third kappa shape index (κ3) is 1.75. The molecule has 0 fully saturated rings. The Bertz CT molecular complexity index is 365. The topological polar surface area (TPSA) is 30.7 Å². The maximum Gasteiger partial charge on any atom is 0.158 e. The molecule has 2 aromatic rings. The van der Waals surface area contributed by atoms with Crippen LogP contribution >= 0.6 is 0 Å². The number of aromatic nitrogens is 3. The summed E-state index contributed by atoms with van der Waals surface area (Å²) in [6.45, 7) is 0. The molecular weight excluding hydrogens is 162 g/mol. The Morgan fingerprint density at radius 2 is 2.00 bits per heavy atom. The van der Waals surface area contributed by atoms with Gasteiger partial charge in [0.1, 0.15) is 5.69 Å². The molecule has 3 nitrogen and oxygen atoms in total. The van der Waals surface area contributed by atoms with Gasteiger partial charge in [-0.05, 0) is 12.1 Å². The second kappa shape index (κ2) is 3.85. The molecule has 0 spiro atoms. The van der Waals surface area contributed by atoms with Crippen LogP contribution in [0, 0.1) is 0 Å². The van der Waals surface area contributed by atoms with Gasteiger partial charge in [0.15, 0.2) is 5.82 Å². The SMILES string of the molecule is C.Cn1ccnc1-c1ccccn1. The first-order chi connectivity index (χ1) is 5.88. The molecule has 2 aromatic heterocycles. The first kappa shape index (κ1) is 9.45. The van der Waals surface area contributed by atoms with Gasteiger partial charge in [0, 0.05) is 25.6 Å². The number of aryl methyl sites for hydroxylation is 1. The zero-order valence-electron chi connectivity index (χ0n) is 6.81. The summed E-state index contributed by atoms with van der Waals surface area (Å²) in [6, 6.07) is 5.80. The van der Waals surface area contributed by atoms with Gasteiger partial charge in [0.05, 0.1) is 0 Å². The van der Waals surface area contributed by atoms with E-state index in [-0.39, 0.29) is 7.43 Å². The number of pyridine rings is 1. The molecule has 2 rings (SSSR count). The van der Waals surface area contributed by atoms with Crippen molar-refractivity contribution in [2.24, 2.45) is 7.05 Å². The summed E-state index contributed by atoms with van der Waals surface area (Å²) in [5.41, 5.74) is 0.907. The Hall–Kier alpha value is -1.64. The van der Waals surface area contributed by atoms with E-state index in [1.54, 1.807) is 12.4 Å². The highest BCUT2D eigenvalue weighted by Crippen LogP contribution is 2.11. The zero-order chi connectivity index (χ0) is 8.39. The highest BCUT2D eigenvalue weighted by molar-refractivity contribution is 5.48. The minimum atomic E-state index is 0. The normalized spacial score (nSPS) is 9.31. The summed E-state index contributed by atoms with van der Waals surface area (Å²) < 4.78 is 1.95. The van der Waals surface area contributed by atoms with Crippen LogP contribution in [0.2, 0.25) is 0 Å². The van der Waals surface area contributed by atoms with E-state index in [4.69, 9.17) is 0 Å². The molecule has 0 N–H and O–H groups in total. The van der Waals surface area contributed by atoms with Gasteiger partial charge in [-0.1, -0.05) is 13.5 Å². The third-order valence-corrected chi connectivity index (χ3v) is 1.72. The lowest BCUT2D eigenvalue weighted by atomic mass is 10.3. The lowest BCUT2D eigenvalue weighted by Crippen LogP contribution is -1.92. The molecule has 0 aliphatic rings. The minimum Gasteiger partial charge on any atom is -0.333 e. The van der Waals surface area contributed by atoms with Gasteiger partial charge in [-0.2, -0.15) is 0 Å². The van der Waals surface area contributed by atoms with Gasteiger partial charge in [-0.25, -0.2) is 4.98 Å². The van der Waals surface area contributed by atoms with Gasteiger partial charge in [0.2, 0.25) is 0 Å². The van der Waals surface area contributed by atoms with Gasteiger partial charge in [-0.15, -0.1) is 0 Å². The Balaban J connectivity index is 0.000000845. The van der Waals surface area contributed by atoms with Gasteiger partial charge in [0.25, 0.3) is 0 Å². The Morgan fingerprint density at radius 3 is 2.54 bits per heavy atom. The van der Waals surface area contributed by atoms with Crippen molar-refractivity contribution in [1.82, 2.24) is 14.5 Å². The monoisotopic (exact) mass is 175 g/mol. The molecule has 0 amide bonds. The first-order valence-electron chi connectivity index (χ1n) is 3.76. The lowest BCUT2D eigenvalue weighted by Gasteiger charge is -1.98. The first-order valence-corrected chi connectivity index (χ1v) is 3.76. The Labute approximate surface area is 78.1 Å². The van der Waals surface area contributed by atoms with Crippen LogP contribution in [-0.2, 0) is 7.05 Å². The van der Waals surface area contributed by atoms with Crippen molar-refractivity contribution in [3.8, 4) is 11.5 Å². The highest BCUT2D eigenvalue weighted by atomic mass is 15.0. The van der Waals surface area contributed by atoms with Crippen LogP contribution in [-0.4, -0.2) is 14.5 Å². The summed E-state index contributed by atoms with van der Waals surface area (Å²) in [6.07, 6.45) is 5.44. The fraction of sp³-hybridized carbons (Fsp3) is 0.200. The van der Waals surface area contributed by atoms with E-state index in [0.29, 0.717) is 0 Å². The smallest absolute Gasteiger partial charge is 0.158 e. The number of imidazole rings is 1. The number of nitrogens with zero attached hydrogens (tertiary/aromatic N) is 3. The number of hydrogen-bond donors (Lipinski definition) is 0. The molecule has 13 heavy (non-hydrogen) atoms. The van der Waals surface area contributed by atoms with E-state index in [2.05, 4.69) is 9.97 Å². The molecule has 68 valence electrons. The summed E-state index contributed by atoms with van der Waals surface area (Å²) in [5, 5.41) is 0. The quantitative estimate of drug-likeness (QED) is 0.664. The molecule has 0 radical (unpaired) electrons. The van der Waals surface area contributed by atoms with Crippen LogP contribution in [0.1, 0.15) is 7.43 Å².